The van der Waals surface area contributed by atoms with Crippen LogP contribution in [0, 0.1) is 5.92 Å². The maximum absolute atomic E-state index is 13.4. The van der Waals surface area contributed by atoms with Crippen LogP contribution in [0.4, 0.5) is 9.18 Å². The van der Waals surface area contributed by atoms with E-state index in [9.17, 15) is 9.18 Å². The highest BCUT2D eigenvalue weighted by Crippen LogP contribution is 2.28. The van der Waals surface area contributed by atoms with E-state index in [1.807, 2.05) is 0 Å². The molecule has 0 aliphatic heterocycles. The number of alkyl carbamates (subject to hydrolysis) is 1. The minimum atomic E-state index is -1.09. The largest absolute Gasteiger partial charge is 0.444 e. The lowest BCUT2D eigenvalue weighted by atomic mass is 10.1. The Kier molecular flexibility index (Phi) is 4.13. The summed E-state index contributed by atoms with van der Waals surface area (Å²) in [4.78, 5) is 11.4. The zero-order valence-corrected chi connectivity index (χ0v) is 10.00. The molecule has 1 saturated carbocycles. The van der Waals surface area contributed by atoms with Crippen LogP contribution in [0.1, 0.15) is 33.6 Å². The first-order valence-corrected chi connectivity index (χ1v) is 5.56. The number of aliphatic hydroxyl groups is 1. The van der Waals surface area contributed by atoms with Crippen LogP contribution in [0.5, 0.6) is 0 Å². The first-order valence-electron chi connectivity index (χ1n) is 5.56. The molecule has 0 saturated heterocycles. The Morgan fingerprint density at radius 1 is 1.50 bits per heavy atom. The summed E-state index contributed by atoms with van der Waals surface area (Å²) in [5.74, 6) is -0.0602. The van der Waals surface area contributed by atoms with Gasteiger partial charge in [0.1, 0.15) is 11.8 Å². The fraction of sp³-hybridized carbons (Fsp3) is 0.909. The Balaban J connectivity index is 2.40. The van der Waals surface area contributed by atoms with Gasteiger partial charge in [0.15, 0.2) is 0 Å². The average Bonchev–Trinajstić information content (AvgIpc) is 2.44. The van der Waals surface area contributed by atoms with Crippen molar-refractivity contribution < 1.29 is 19.0 Å². The molecule has 0 aromatic rings. The molecule has 0 spiro atoms. The second-order valence-corrected chi connectivity index (χ2v) is 5.29. The fourth-order valence-electron chi connectivity index (χ4n) is 1.84. The van der Waals surface area contributed by atoms with Gasteiger partial charge >= 0.3 is 6.09 Å². The highest BCUT2D eigenvalue weighted by Gasteiger charge is 2.35. The molecule has 5 heteroatoms. The summed E-state index contributed by atoms with van der Waals surface area (Å²) in [6.07, 6.45) is -0.920. The van der Waals surface area contributed by atoms with Crippen LogP contribution in [0.25, 0.3) is 0 Å². The molecule has 0 heterocycles. The molecule has 1 fully saturated rings. The molecular formula is C11H20FNO3. The van der Waals surface area contributed by atoms with Crippen molar-refractivity contribution in [1.82, 2.24) is 5.32 Å². The molecule has 94 valence electrons. The summed E-state index contributed by atoms with van der Waals surface area (Å²) < 4.78 is 18.5. The molecule has 0 radical (unpaired) electrons. The van der Waals surface area contributed by atoms with Crippen LogP contribution in [-0.4, -0.2) is 35.6 Å². The monoisotopic (exact) mass is 233 g/mol. The molecule has 1 rings (SSSR count). The van der Waals surface area contributed by atoms with Crippen LogP contribution >= 0.6 is 0 Å². The van der Waals surface area contributed by atoms with Crippen LogP contribution in [-0.2, 0) is 4.74 Å². The third-order valence-electron chi connectivity index (χ3n) is 2.54. The lowest BCUT2D eigenvalue weighted by Crippen LogP contribution is -2.41. The summed E-state index contributed by atoms with van der Waals surface area (Å²) >= 11 is 0. The van der Waals surface area contributed by atoms with Gasteiger partial charge in [0.2, 0.25) is 0 Å². The maximum atomic E-state index is 13.4. The standard InChI is InChI=1S/C11H20FNO3/c1-11(2,3)16-10(15)13-9-5-7(6-14)4-8(9)12/h7-9,14H,4-6H2,1-3H3,(H,13,15)/t7-,8-,9-/m1/s1. The van der Waals surface area contributed by atoms with Crippen molar-refractivity contribution in [2.24, 2.45) is 5.92 Å². The Hall–Kier alpha value is -0.840. The molecule has 1 aliphatic rings. The number of rotatable bonds is 2. The average molecular weight is 233 g/mol. The Morgan fingerprint density at radius 2 is 2.12 bits per heavy atom. The topological polar surface area (TPSA) is 58.6 Å². The third-order valence-corrected chi connectivity index (χ3v) is 2.54. The summed E-state index contributed by atoms with van der Waals surface area (Å²) in [5, 5.41) is 11.4. The predicted octanol–water partition coefficient (Wildman–Crippen LogP) is 1.62. The van der Waals surface area contributed by atoms with Gasteiger partial charge in [0, 0.05) is 6.61 Å². The first kappa shape index (κ1) is 13.2. The van der Waals surface area contributed by atoms with Gasteiger partial charge in [-0.3, -0.25) is 0 Å². The lowest BCUT2D eigenvalue weighted by Gasteiger charge is -2.22. The molecule has 0 unspecified atom stereocenters. The van der Waals surface area contributed by atoms with Crippen molar-refractivity contribution in [2.75, 3.05) is 6.61 Å². The molecule has 0 aromatic carbocycles. The zero-order chi connectivity index (χ0) is 12.3. The van der Waals surface area contributed by atoms with Gasteiger partial charge in [-0.05, 0) is 39.5 Å². The number of amides is 1. The lowest BCUT2D eigenvalue weighted by molar-refractivity contribution is 0.0483. The number of carbonyl (C=O) groups is 1. The van der Waals surface area contributed by atoms with E-state index >= 15 is 0 Å². The van der Waals surface area contributed by atoms with Gasteiger partial charge in [0.25, 0.3) is 0 Å². The van der Waals surface area contributed by atoms with E-state index in [0.717, 1.165) is 0 Å². The predicted molar refractivity (Wildman–Crippen MR) is 57.9 cm³/mol. The quantitative estimate of drug-likeness (QED) is 0.762. The number of aliphatic hydroxyl groups excluding tert-OH is 1. The summed E-state index contributed by atoms with van der Waals surface area (Å²) in [6, 6.07) is -0.535. The van der Waals surface area contributed by atoms with Gasteiger partial charge in [-0.25, -0.2) is 9.18 Å². The van der Waals surface area contributed by atoms with Gasteiger partial charge in [-0.15, -0.1) is 0 Å². The molecule has 2 N–H and O–H groups in total. The van der Waals surface area contributed by atoms with E-state index in [-0.39, 0.29) is 12.5 Å². The van der Waals surface area contributed by atoms with E-state index in [1.165, 1.54) is 0 Å². The normalized spacial score (nSPS) is 30.2. The minimum absolute atomic E-state index is 0.0348. The number of ether oxygens (including phenoxy) is 1. The summed E-state index contributed by atoms with van der Waals surface area (Å²) in [6.45, 7) is 5.23. The first-order chi connectivity index (χ1) is 7.31. The van der Waals surface area contributed by atoms with Gasteiger partial charge < -0.3 is 15.2 Å². The van der Waals surface area contributed by atoms with Crippen molar-refractivity contribution in [1.29, 1.82) is 0 Å². The number of carbonyl (C=O) groups excluding carboxylic acids is 1. The molecule has 4 nitrogen and oxygen atoms in total. The van der Waals surface area contributed by atoms with Crippen molar-refractivity contribution in [2.45, 2.75) is 51.4 Å². The summed E-state index contributed by atoms with van der Waals surface area (Å²) in [7, 11) is 0. The van der Waals surface area contributed by atoms with Gasteiger partial charge in [-0.1, -0.05) is 0 Å². The number of hydrogen-bond donors (Lipinski definition) is 2. The van der Waals surface area contributed by atoms with E-state index in [4.69, 9.17) is 9.84 Å². The fourth-order valence-corrected chi connectivity index (χ4v) is 1.84. The van der Waals surface area contributed by atoms with Crippen LogP contribution in [0.2, 0.25) is 0 Å². The number of hydrogen-bond acceptors (Lipinski definition) is 3. The van der Waals surface area contributed by atoms with Crippen LogP contribution < -0.4 is 5.32 Å². The third kappa shape index (κ3) is 3.96. The molecule has 0 bridgehead atoms. The molecule has 16 heavy (non-hydrogen) atoms. The van der Waals surface area contributed by atoms with Crippen molar-refractivity contribution in [3.8, 4) is 0 Å². The minimum Gasteiger partial charge on any atom is -0.444 e. The summed E-state index contributed by atoms with van der Waals surface area (Å²) in [5.41, 5.74) is -0.578. The van der Waals surface area contributed by atoms with E-state index in [1.54, 1.807) is 20.8 Å². The molecule has 3 atom stereocenters. The molecule has 0 aromatic heterocycles. The number of halogens is 1. The van der Waals surface area contributed by atoms with Crippen molar-refractivity contribution in [3.05, 3.63) is 0 Å². The van der Waals surface area contributed by atoms with Gasteiger partial charge in [-0.2, -0.15) is 0 Å². The molecule has 1 amide bonds. The number of alkyl halides is 1. The zero-order valence-electron chi connectivity index (χ0n) is 10.00. The van der Waals surface area contributed by atoms with E-state index in [0.29, 0.717) is 12.8 Å². The highest BCUT2D eigenvalue weighted by atomic mass is 19.1. The second kappa shape index (κ2) is 4.99. The Labute approximate surface area is 95.2 Å². The molecule has 1 aliphatic carbocycles. The van der Waals surface area contributed by atoms with Gasteiger partial charge in [0.05, 0.1) is 6.04 Å². The smallest absolute Gasteiger partial charge is 0.407 e. The van der Waals surface area contributed by atoms with Crippen molar-refractivity contribution >= 4 is 6.09 Å². The van der Waals surface area contributed by atoms with Crippen molar-refractivity contribution in [3.63, 3.8) is 0 Å². The Bertz CT molecular complexity index is 252. The SMILES string of the molecule is CC(C)(C)OC(=O)N[C@@H]1C[C@H](CO)C[C@H]1F. The second-order valence-electron chi connectivity index (χ2n) is 5.29. The van der Waals surface area contributed by atoms with E-state index in [2.05, 4.69) is 5.32 Å². The van der Waals surface area contributed by atoms with Crippen LogP contribution in [0.15, 0.2) is 0 Å². The maximum Gasteiger partial charge on any atom is 0.407 e. The number of nitrogens with one attached hydrogen (secondary N) is 1. The molecular weight excluding hydrogens is 213 g/mol. The van der Waals surface area contributed by atoms with E-state index < -0.39 is 23.9 Å². The Morgan fingerprint density at radius 3 is 2.56 bits per heavy atom. The highest BCUT2D eigenvalue weighted by molar-refractivity contribution is 5.68. The van der Waals surface area contributed by atoms with Crippen LogP contribution in [0.3, 0.4) is 0 Å².